The second-order valence-electron chi connectivity index (χ2n) is 6.98. The zero-order valence-electron chi connectivity index (χ0n) is 15.1. The van der Waals surface area contributed by atoms with Crippen LogP contribution >= 0.6 is 0 Å². The summed E-state index contributed by atoms with van der Waals surface area (Å²) >= 11 is 0. The minimum Gasteiger partial charge on any atom is -0.384 e. The van der Waals surface area contributed by atoms with E-state index in [0.717, 1.165) is 49.3 Å². The summed E-state index contributed by atoms with van der Waals surface area (Å²) in [4.78, 5) is 9.14. The van der Waals surface area contributed by atoms with Gasteiger partial charge in [0.05, 0.1) is 6.61 Å². The first kappa shape index (κ1) is 18.7. The lowest BCUT2D eigenvalue weighted by molar-refractivity contribution is 0.118. The van der Waals surface area contributed by atoms with Gasteiger partial charge in [-0.3, -0.25) is 0 Å². The molecule has 0 aromatic carbocycles. The van der Waals surface area contributed by atoms with Gasteiger partial charge >= 0.3 is 0 Å². The van der Waals surface area contributed by atoms with E-state index >= 15 is 0 Å². The average Bonchev–Trinajstić information content (AvgIpc) is 3.04. The molecule has 0 radical (unpaired) electrons. The molecular formula is C17H28N4O3S. The maximum Gasteiger partial charge on any atom is 0.279 e. The van der Waals surface area contributed by atoms with Crippen molar-refractivity contribution in [2.45, 2.75) is 45.4 Å². The summed E-state index contributed by atoms with van der Waals surface area (Å²) in [5.74, 6) is 1.01. The first-order valence-electron chi connectivity index (χ1n) is 9.08. The zero-order valence-corrected chi connectivity index (χ0v) is 15.9. The Bertz CT molecular complexity index is 706. The quantitative estimate of drug-likeness (QED) is 0.776. The molecule has 3 rings (SSSR count). The van der Waals surface area contributed by atoms with E-state index in [1.807, 2.05) is 6.92 Å². The fourth-order valence-corrected chi connectivity index (χ4v) is 5.11. The van der Waals surface area contributed by atoms with Gasteiger partial charge in [-0.15, -0.1) is 0 Å². The van der Waals surface area contributed by atoms with Crippen LogP contribution in [0.3, 0.4) is 0 Å². The first-order valence-corrected chi connectivity index (χ1v) is 10.5. The molecule has 8 heteroatoms. The van der Waals surface area contributed by atoms with E-state index in [-0.39, 0.29) is 5.92 Å². The van der Waals surface area contributed by atoms with Crippen LogP contribution in [-0.2, 0) is 34.2 Å². The van der Waals surface area contributed by atoms with Crippen molar-refractivity contribution in [3.05, 3.63) is 22.8 Å². The third kappa shape index (κ3) is 4.55. The SMILES string of the molecule is COCC1CCCN(S(=O)(=O)NCCc2nc(C)c3c(n2)CCC3)C1. The molecule has 0 amide bonds. The maximum atomic E-state index is 12.5. The Morgan fingerprint density at radius 3 is 2.92 bits per heavy atom. The fourth-order valence-electron chi connectivity index (χ4n) is 3.79. The van der Waals surface area contributed by atoms with Gasteiger partial charge in [-0.25, -0.2) is 14.7 Å². The Kier molecular flexibility index (Phi) is 6.04. The third-order valence-corrected chi connectivity index (χ3v) is 6.62. The van der Waals surface area contributed by atoms with Gasteiger partial charge < -0.3 is 4.74 Å². The molecule has 0 spiro atoms. The number of hydrogen-bond acceptors (Lipinski definition) is 5. The highest BCUT2D eigenvalue weighted by atomic mass is 32.2. The molecule has 1 saturated heterocycles. The normalized spacial score (nSPS) is 21.4. The number of rotatable bonds is 7. The minimum absolute atomic E-state index is 0.276. The molecule has 1 aromatic rings. The van der Waals surface area contributed by atoms with E-state index in [9.17, 15) is 8.42 Å². The van der Waals surface area contributed by atoms with Crippen LogP contribution in [0.25, 0.3) is 0 Å². The topological polar surface area (TPSA) is 84.4 Å². The lowest BCUT2D eigenvalue weighted by Crippen LogP contribution is -2.47. The van der Waals surface area contributed by atoms with Crippen LogP contribution in [0, 0.1) is 12.8 Å². The zero-order chi connectivity index (χ0) is 17.9. The van der Waals surface area contributed by atoms with Gasteiger partial charge in [0.25, 0.3) is 10.2 Å². The van der Waals surface area contributed by atoms with Crippen molar-refractivity contribution in [1.82, 2.24) is 19.0 Å². The summed E-state index contributed by atoms with van der Waals surface area (Å²) in [5.41, 5.74) is 3.46. The molecule has 2 heterocycles. The third-order valence-electron chi connectivity index (χ3n) is 5.04. The first-order chi connectivity index (χ1) is 12.0. The van der Waals surface area contributed by atoms with E-state index < -0.39 is 10.2 Å². The largest absolute Gasteiger partial charge is 0.384 e. The Hall–Kier alpha value is -1.09. The molecule has 140 valence electrons. The predicted molar refractivity (Wildman–Crippen MR) is 95.6 cm³/mol. The molecule has 0 saturated carbocycles. The number of hydrogen-bond donors (Lipinski definition) is 1. The second kappa shape index (κ2) is 8.07. The van der Waals surface area contributed by atoms with Crippen LogP contribution in [0.1, 0.15) is 42.0 Å². The summed E-state index contributed by atoms with van der Waals surface area (Å²) in [5, 5.41) is 0. The van der Waals surface area contributed by atoms with Gasteiger partial charge in [0.15, 0.2) is 0 Å². The van der Waals surface area contributed by atoms with E-state index in [1.165, 1.54) is 9.87 Å². The van der Waals surface area contributed by atoms with Crippen LogP contribution < -0.4 is 4.72 Å². The number of nitrogens with one attached hydrogen (secondary N) is 1. The summed E-state index contributed by atoms with van der Waals surface area (Å²) in [7, 11) is -1.80. The molecule has 1 fully saturated rings. The molecule has 1 unspecified atom stereocenters. The summed E-state index contributed by atoms with van der Waals surface area (Å²) in [6, 6.07) is 0. The Balaban J connectivity index is 1.55. The number of fused-ring (bicyclic) bond motifs is 1. The molecule has 0 bridgehead atoms. The van der Waals surface area contributed by atoms with Gasteiger partial charge in [-0.05, 0) is 50.5 Å². The highest BCUT2D eigenvalue weighted by Gasteiger charge is 2.28. The average molecular weight is 369 g/mol. The molecule has 1 atom stereocenters. The van der Waals surface area contributed by atoms with Crippen molar-refractivity contribution in [2.75, 3.05) is 33.4 Å². The summed E-state index contributed by atoms with van der Waals surface area (Å²) in [6.07, 6.45) is 5.61. The van der Waals surface area contributed by atoms with Crippen LogP contribution in [0.4, 0.5) is 0 Å². The number of ether oxygens (including phenoxy) is 1. The molecule has 2 aliphatic rings. The summed E-state index contributed by atoms with van der Waals surface area (Å²) < 4.78 is 34.4. The molecule has 1 aliphatic heterocycles. The standard InChI is InChI=1S/C17H28N4O3S/c1-13-15-6-3-7-16(15)20-17(19-13)8-9-18-25(22,23)21-10-4-5-14(11-21)12-24-2/h14,18H,3-12H2,1-2H3. The van der Waals surface area contributed by atoms with Crippen LogP contribution in [0.15, 0.2) is 0 Å². The Morgan fingerprint density at radius 1 is 1.28 bits per heavy atom. The summed E-state index contributed by atoms with van der Waals surface area (Å²) in [6.45, 7) is 4.05. The second-order valence-corrected chi connectivity index (χ2v) is 8.73. The van der Waals surface area contributed by atoms with E-state index in [2.05, 4.69) is 14.7 Å². The number of aryl methyl sites for hydroxylation is 2. The fraction of sp³-hybridized carbons (Fsp3) is 0.765. The molecule has 25 heavy (non-hydrogen) atoms. The predicted octanol–water partition coefficient (Wildman–Crippen LogP) is 1.01. The molecule has 7 nitrogen and oxygen atoms in total. The monoisotopic (exact) mass is 368 g/mol. The lowest BCUT2D eigenvalue weighted by atomic mass is 10.0. The van der Waals surface area contributed by atoms with Gasteiger partial charge in [0.1, 0.15) is 5.82 Å². The number of piperidine rings is 1. The highest BCUT2D eigenvalue weighted by Crippen LogP contribution is 2.22. The van der Waals surface area contributed by atoms with Crippen LogP contribution in [-0.4, -0.2) is 56.0 Å². The number of nitrogens with zero attached hydrogens (tertiary/aromatic N) is 3. The van der Waals surface area contributed by atoms with Crippen molar-refractivity contribution < 1.29 is 13.2 Å². The maximum absolute atomic E-state index is 12.5. The molecular weight excluding hydrogens is 340 g/mol. The van der Waals surface area contributed by atoms with Crippen LogP contribution in [0.2, 0.25) is 0 Å². The molecule has 1 N–H and O–H groups in total. The van der Waals surface area contributed by atoms with Crippen molar-refractivity contribution in [3.8, 4) is 0 Å². The smallest absolute Gasteiger partial charge is 0.279 e. The van der Waals surface area contributed by atoms with Gasteiger partial charge in [0, 0.05) is 44.6 Å². The molecule has 1 aromatic heterocycles. The van der Waals surface area contributed by atoms with Gasteiger partial charge in [0.2, 0.25) is 0 Å². The van der Waals surface area contributed by atoms with Crippen molar-refractivity contribution >= 4 is 10.2 Å². The van der Waals surface area contributed by atoms with E-state index in [0.29, 0.717) is 32.7 Å². The van der Waals surface area contributed by atoms with E-state index in [4.69, 9.17) is 4.74 Å². The Morgan fingerprint density at radius 2 is 2.12 bits per heavy atom. The molecule has 1 aliphatic carbocycles. The highest BCUT2D eigenvalue weighted by molar-refractivity contribution is 7.87. The van der Waals surface area contributed by atoms with Gasteiger partial charge in [-0.1, -0.05) is 0 Å². The number of aromatic nitrogens is 2. The van der Waals surface area contributed by atoms with Crippen molar-refractivity contribution in [1.29, 1.82) is 0 Å². The van der Waals surface area contributed by atoms with Crippen LogP contribution in [0.5, 0.6) is 0 Å². The Labute approximate surface area is 150 Å². The van der Waals surface area contributed by atoms with E-state index in [1.54, 1.807) is 7.11 Å². The van der Waals surface area contributed by atoms with Crippen molar-refractivity contribution in [2.24, 2.45) is 5.92 Å². The minimum atomic E-state index is -3.45. The lowest BCUT2D eigenvalue weighted by Gasteiger charge is -2.31. The van der Waals surface area contributed by atoms with Crippen molar-refractivity contribution in [3.63, 3.8) is 0 Å². The number of methoxy groups -OCH3 is 1. The van der Waals surface area contributed by atoms with Gasteiger partial charge in [-0.2, -0.15) is 12.7 Å².